The van der Waals surface area contributed by atoms with Crippen LogP contribution < -0.4 is 0 Å². The fourth-order valence-electron chi connectivity index (χ4n) is 2.04. The lowest BCUT2D eigenvalue weighted by Gasteiger charge is -1.95. The molecule has 2 aromatic heterocycles. The summed E-state index contributed by atoms with van der Waals surface area (Å²) in [4.78, 5) is 11.3. The van der Waals surface area contributed by atoms with Crippen LogP contribution in [0.25, 0.3) is 10.9 Å². The Hall–Kier alpha value is -2.14. The molecule has 0 saturated carbocycles. The van der Waals surface area contributed by atoms with E-state index in [-0.39, 0.29) is 5.88 Å². The minimum Gasteiger partial charge on any atom is -0.494 e. The van der Waals surface area contributed by atoms with Crippen molar-refractivity contribution < 1.29 is 5.11 Å². The van der Waals surface area contributed by atoms with Crippen molar-refractivity contribution in [1.29, 1.82) is 0 Å². The van der Waals surface area contributed by atoms with Crippen molar-refractivity contribution in [2.24, 2.45) is 4.99 Å². The molecular weight excluding hydrogens is 318 g/mol. The number of hydrogen-bond acceptors (Lipinski definition) is 3. The summed E-state index contributed by atoms with van der Waals surface area (Å²) in [5.74, 6) is 0.132. The van der Waals surface area contributed by atoms with Gasteiger partial charge < -0.3 is 10.1 Å². The molecule has 1 aromatic carbocycles. The molecule has 20 heavy (non-hydrogen) atoms. The lowest BCUT2D eigenvalue weighted by atomic mass is 10.2. The van der Waals surface area contributed by atoms with Crippen molar-refractivity contribution >= 4 is 33.0 Å². The maximum absolute atomic E-state index is 9.95. The number of rotatable bonds is 3. The number of fused-ring (bicyclic) bond motifs is 1. The topological polar surface area (TPSA) is 61.3 Å². The average molecular weight is 330 g/mol. The molecular formula is C15H12BrN3O. The Balaban J connectivity index is 1.90. The third-order valence-corrected chi connectivity index (χ3v) is 3.49. The standard InChI is InChI=1S/C15H12BrN3O/c16-11-3-4-14-12(6-11)13(15(20)19-14)9-18-8-10-2-1-5-17-7-10/h1-7,9,19-20H,8H2. The maximum Gasteiger partial charge on any atom is 0.198 e. The number of hydrogen-bond donors (Lipinski definition) is 2. The van der Waals surface area contributed by atoms with E-state index < -0.39 is 0 Å². The van der Waals surface area contributed by atoms with Crippen molar-refractivity contribution in [3.63, 3.8) is 0 Å². The average Bonchev–Trinajstić information content (AvgIpc) is 2.76. The first-order valence-corrected chi connectivity index (χ1v) is 6.92. The van der Waals surface area contributed by atoms with E-state index in [9.17, 15) is 5.11 Å². The van der Waals surface area contributed by atoms with Crippen LogP contribution in [0.5, 0.6) is 5.88 Å². The van der Waals surface area contributed by atoms with Crippen molar-refractivity contribution in [1.82, 2.24) is 9.97 Å². The van der Waals surface area contributed by atoms with E-state index >= 15 is 0 Å². The highest BCUT2D eigenvalue weighted by Crippen LogP contribution is 2.28. The van der Waals surface area contributed by atoms with Crippen molar-refractivity contribution in [3.05, 3.63) is 58.3 Å². The molecule has 0 radical (unpaired) electrons. The smallest absolute Gasteiger partial charge is 0.198 e. The molecule has 3 rings (SSSR count). The number of aliphatic imine (C=N–C) groups is 1. The van der Waals surface area contributed by atoms with Gasteiger partial charge in [0.25, 0.3) is 0 Å². The number of benzene rings is 1. The Bertz CT molecular complexity index is 765. The van der Waals surface area contributed by atoms with Crippen LogP contribution >= 0.6 is 15.9 Å². The fourth-order valence-corrected chi connectivity index (χ4v) is 2.40. The fraction of sp³-hybridized carbons (Fsp3) is 0.0667. The van der Waals surface area contributed by atoms with Gasteiger partial charge in [-0.15, -0.1) is 0 Å². The minimum absolute atomic E-state index is 0.132. The Morgan fingerprint density at radius 1 is 1.35 bits per heavy atom. The SMILES string of the molecule is Oc1[nH]c2ccc(Br)cc2c1C=NCc1cccnc1. The van der Waals surface area contributed by atoms with Crippen LogP contribution in [0.2, 0.25) is 0 Å². The van der Waals surface area contributed by atoms with Gasteiger partial charge in [0, 0.05) is 34.0 Å². The zero-order valence-electron chi connectivity index (χ0n) is 10.5. The van der Waals surface area contributed by atoms with Crippen LogP contribution in [0.15, 0.2) is 52.2 Å². The van der Waals surface area contributed by atoms with Gasteiger partial charge in [0.1, 0.15) is 0 Å². The molecule has 0 aliphatic heterocycles. The summed E-state index contributed by atoms with van der Waals surface area (Å²) in [7, 11) is 0. The number of halogens is 1. The molecule has 2 N–H and O–H groups in total. The second-order valence-corrected chi connectivity index (χ2v) is 5.32. The molecule has 2 heterocycles. The van der Waals surface area contributed by atoms with Gasteiger partial charge in [0.2, 0.25) is 0 Å². The summed E-state index contributed by atoms with van der Waals surface area (Å²) < 4.78 is 0.964. The highest BCUT2D eigenvalue weighted by Gasteiger charge is 2.08. The second kappa shape index (κ2) is 5.46. The number of nitrogens with zero attached hydrogens (tertiary/aromatic N) is 2. The molecule has 4 nitrogen and oxygen atoms in total. The molecule has 3 aromatic rings. The van der Waals surface area contributed by atoms with Crippen molar-refractivity contribution in [2.75, 3.05) is 0 Å². The normalized spacial score (nSPS) is 11.4. The van der Waals surface area contributed by atoms with E-state index in [0.29, 0.717) is 12.1 Å². The zero-order valence-corrected chi connectivity index (χ0v) is 12.1. The van der Waals surface area contributed by atoms with E-state index in [1.54, 1.807) is 18.6 Å². The largest absolute Gasteiger partial charge is 0.494 e. The lowest BCUT2D eigenvalue weighted by molar-refractivity contribution is 0.457. The van der Waals surface area contributed by atoms with Gasteiger partial charge in [-0.3, -0.25) is 9.98 Å². The Morgan fingerprint density at radius 3 is 3.05 bits per heavy atom. The number of pyridine rings is 1. The summed E-state index contributed by atoms with van der Waals surface area (Å²) >= 11 is 3.43. The summed E-state index contributed by atoms with van der Waals surface area (Å²) in [6.07, 6.45) is 5.20. The first-order valence-electron chi connectivity index (χ1n) is 6.13. The Morgan fingerprint density at radius 2 is 2.25 bits per heavy atom. The second-order valence-electron chi connectivity index (χ2n) is 4.41. The molecule has 5 heteroatoms. The highest BCUT2D eigenvalue weighted by molar-refractivity contribution is 9.10. The molecule has 100 valence electrons. The molecule has 0 spiro atoms. The molecule has 0 aliphatic carbocycles. The molecule has 0 fully saturated rings. The van der Waals surface area contributed by atoms with Crippen LogP contribution in [0, 0.1) is 0 Å². The number of nitrogens with one attached hydrogen (secondary N) is 1. The van der Waals surface area contributed by atoms with Crippen molar-refractivity contribution in [3.8, 4) is 5.88 Å². The van der Waals surface area contributed by atoms with Gasteiger partial charge in [0.05, 0.1) is 12.1 Å². The van der Waals surface area contributed by atoms with Crippen LogP contribution in [0.4, 0.5) is 0 Å². The molecule has 0 saturated heterocycles. The van der Waals surface area contributed by atoms with E-state index in [2.05, 4.69) is 30.9 Å². The first-order chi connectivity index (χ1) is 9.74. The van der Waals surface area contributed by atoms with Gasteiger partial charge in [-0.1, -0.05) is 22.0 Å². The maximum atomic E-state index is 9.95. The molecule has 0 unspecified atom stereocenters. The van der Waals surface area contributed by atoms with Gasteiger partial charge in [-0.2, -0.15) is 0 Å². The summed E-state index contributed by atoms with van der Waals surface area (Å²) in [5.41, 5.74) is 2.61. The van der Waals surface area contributed by atoms with Crippen LogP contribution in [-0.4, -0.2) is 21.3 Å². The molecule has 0 bridgehead atoms. The monoisotopic (exact) mass is 329 g/mol. The van der Waals surface area contributed by atoms with E-state index in [0.717, 1.165) is 20.9 Å². The molecule has 0 amide bonds. The van der Waals surface area contributed by atoms with Crippen LogP contribution in [0.3, 0.4) is 0 Å². The van der Waals surface area contributed by atoms with Crippen molar-refractivity contribution in [2.45, 2.75) is 6.54 Å². The first kappa shape index (κ1) is 12.9. The quantitative estimate of drug-likeness (QED) is 0.720. The van der Waals surface area contributed by atoms with Gasteiger partial charge in [-0.05, 0) is 29.8 Å². The van der Waals surface area contributed by atoms with Gasteiger partial charge >= 0.3 is 0 Å². The van der Waals surface area contributed by atoms with E-state index in [4.69, 9.17) is 0 Å². The predicted octanol–water partition coefficient (Wildman–Crippen LogP) is 3.65. The molecule has 0 aliphatic rings. The third kappa shape index (κ3) is 2.58. The summed E-state index contributed by atoms with van der Waals surface area (Å²) in [5, 5.41) is 10.9. The lowest BCUT2D eigenvalue weighted by Crippen LogP contribution is -1.85. The Labute approximate surface area is 124 Å². The summed E-state index contributed by atoms with van der Waals surface area (Å²) in [6.45, 7) is 0.536. The number of aromatic amines is 1. The third-order valence-electron chi connectivity index (χ3n) is 3.00. The number of H-pyrrole nitrogens is 1. The number of aromatic nitrogens is 2. The van der Waals surface area contributed by atoms with Gasteiger partial charge in [0.15, 0.2) is 5.88 Å². The Kier molecular flexibility index (Phi) is 3.52. The van der Waals surface area contributed by atoms with Crippen LogP contribution in [0.1, 0.15) is 11.1 Å². The van der Waals surface area contributed by atoms with E-state index in [1.807, 2.05) is 30.3 Å². The summed E-state index contributed by atoms with van der Waals surface area (Å²) in [6, 6.07) is 9.64. The predicted molar refractivity (Wildman–Crippen MR) is 83.2 cm³/mol. The van der Waals surface area contributed by atoms with Crippen LogP contribution in [-0.2, 0) is 6.54 Å². The number of aromatic hydroxyl groups is 1. The zero-order chi connectivity index (χ0) is 13.9. The van der Waals surface area contributed by atoms with E-state index in [1.165, 1.54) is 0 Å². The molecule has 0 atom stereocenters. The minimum atomic E-state index is 0.132. The van der Waals surface area contributed by atoms with Gasteiger partial charge in [-0.25, -0.2) is 0 Å². The highest BCUT2D eigenvalue weighted by atomic mass is 79.9.